The van der Waals surface area contributed by atoms with Gasteiger partial charge in [0.1, 0.15) is 6.29 Å². The summed E-state index contributed by atoms with van der Waals surface area (Å²) in [6, 6.07) is 8.54. The van der Waals surface area contributed by atoms with Gasteiger partial charge in [0.2, 0.25) is 0 Å². The summed E-state index contributed by atoms with van der Waals surface area (Å²) in [5, 5.41) is 6.32. The highest BCUT2D eigenvalue weighted by Gasteiger charge is 2.22. The number of allylic oxidation sites excluding steroid dienone is 1. The summed E-state index contributed by atoms with van der Waals surface area (Å²) >= 11 is 0. The molecule has 1 aliphatic heterocycles. The molecule has 1 atom stereocenters. The van der Waals surface area contributed by atoms with Crippen molar-refractivity contribution in [2.45, 2.75) is 32.7 Å². The minimum absolute atomic E-state index is 0.222. The van der Waals surface area contributed by atoms with Gasteiger partial charge in [-0.1, -0.05) is 38.1 Å². The number of rotatable bonds is 5. The van der Waals surface area contributed by atoms with Gasteiger partial charge in [-0.05, 0) is 36.0 Å². The molecule has 0 radical (unpaired) electrons. The molecule has 0 bridgehead atoms. The number of fused-ring (bicyclic) bond motifs is 1. The van der Waals surface area contributed by atoms with Crippen LogP contribution in [0.5, 0.6) is 0 Å². The SMILES string of the molecule is CC(C)CCC1c2ccccc2C=NN1/C=C/C=O. The lowest BCUT2D eigenvalue weighted by Crippen LogP contribution is -2.24. The van der Waals surface area contributed by atoms with Gasteiger partial charge in [0.25, 0.3) is 0 Å². The van der Waals surface area contributed by atoms with E-state index in [0.29, 0.717) is 5.92 Å². The number of aldehydes is 1. The first-order valence-corrected chi connectivity index (χ1v) is 6.75. The lowest BCUT2D eigenvalue weighted by Gasteiger charge is -2.31. The molecule has 0 spiro atoms. The van der Waals surface area contributed by atoms with Crippen LogP contribution in [0.25, 0.3) is 0 Å². The van der Waals surface area contributed by atoms with E-state index in [1.165, 1.54) is 17.2 Å². The molecule has 3 nitrogen and oxygen atoms in total. The van der Waals surface area contributed by atoms with E-state index in [1.54, 1.807) is 6.20 Å². The summed E-state index contributed by atoms with van der Waals surface area (Å²) in [6.45, 7) is 4.45. The third-order valence-electron chi connectivity index (χ3n) is 3.34. The van der Waals surface area contributed by atoms with Crippen LogP contribution in [0.15, 0.2) is 41.6 Å². The van der Waals surface area contributed by atoms with Crippen molar-refractivity contribution < 1.29 is 4.79 Å². The Morgan fingerprint density at radius 2 is 2.16 bits per heavy atom. The van der Waals surface area contributed by atoms with Crippen LogP contribution in [-0.2, 0) is 4.79 Å². The molecule has 100 valence electrons. The van der Waals surface area contributed by atoms with Crippen molar-refractivity contribution in [3.8, 4) is 0 Å². The molecule has 1 aromatic carbocycles. The average Bonchev–Trinajstić information content (AvgIpc) is 2.42. The highest BCUT2D eigenvalue weighted by atomic mass is 16.1. The van der Waals surface area contributed by atoms with Crippen LogP contribution in [-0.4, -0.2) is 17.5 Å². The van der Waals surface area contributed by atoms with E-state index in [4.69, 9.17) is 0 Å². The van der Waals surface area contributed by atoms with Crippen LogP contribution in [0, 0.1) is 5.92 Å². The normalized spacial score (nSPS) is 18.1. The molecule has 0 amide bonds. The Hall–Kier alpha value is -1.90. The largest absolute Gasteiger partial charge is 0.299 e. The van der Waals surface area contributed by atoms with Crippen molar-refractivity contribution in [1.82, 2.24) is 5.01 Å². The fourth-order valence-corrected chi connectivity index (χ4v) is 2.33. The maximum absolute atomic E-state index is 10.5. The molecule has 0 N–H and O–H groups in total. The molecular weight excluding hydrogens is 236 g/mol. The molecule has 1 aliphatic rings. The van der Waals surface area contributed by atoms with Crippen LogP contribution < -0.4 is 0 Å². The van der Waals surface area contributed by atoms with Gasteiger partial charge in [-0.25, -0.2) is 0 Å². The van der Waals surface area contributed by atoms with E-state index < -0.39 is 0 Å². The molecule has 1 aromatic rings. The molecule has 1 heterocycles. The number of carbonyl (C=O) groups excluding carboxylic acids is 1. The monoisotopic (exact) mass is 256 g/mol. The van der Waals surface area contributed by atoms with Crippen LogP contribution in [0.4, 0.5) is 0 Å². The maximum Gasteiger partial charge on any atom is 0.144 e. The second kappa shape index (κ2) is 6.32. The number of hydrogen-bond acceptors (Lipinski definition) is 3. The number of carbonyl (C=O) groups is 1. The van der Waals surface area contributed by atoms with Crippen molar-refractivity contribution in [3.63, 3.8) is 0 Å². The zero-order valence-electron chi connectivity index (χ0n) is 11.5. The highest BCUT2D eigenvalue weighted by molar-refractivity contribution is 5.83. The van der Waals surface area contributed by atoms with Crippen molar-refractivity contribution >= 4 is 12.5 Å². The second-order valence-corrected chi connectivity index (χ2v) is 5.22. The Kier molecular flexibility index (Phi) is 4.50. The number of benzene rings is 1. The maximum atomic E-state index is 10.5. The van der Waals surface area contributed by atoms with Crippen LogP contribution >= 0.6 is 0 Å². The van der Waals surface area contributed by atoms with Crippen LogP contribution in [0.2, 0.25) is 0 Å². The lowest BCUT2D eigenvalue weighted by molar-refractivity contribution is -0.104. The molecule has 0 saturated heterocycles. The van der Waals surface area contributed by atoms with Gasteiger partial charge in [0, 0.05) is 6.20 Å². The first-order chi connectivity index (χ1) is 9.22. The third-order valence-corrected chi connectivity index (χ3v) is 3.34. The van der Waals surface area contributed by atoms with Crippen LogP contribution in [0.1, 0.15) is 43.9 Å². The predicted molar refractivity (Wildman–Crippen MR) is 77.9 cm³/mol. The second-order valence-electron chi connectivity index (χ2n) is 5.22. The summed E-state index contributed by atoms with van der Waals surface area (Å²) in [5.41, 5.74) is 2.46. The van der Waals surface area contributed by atoms with Crippen molar-refractivity contribution in [2.75, 3.05) is 0 Å². The Morgan fingerprint density at radius 1 is 1.37 bits per heavy atom. The topological polar surface area (TPSA) is 32.7 Å². The fourth-order valence-electron chi connectivity index (χ4n) is 2.33. The molecule has 1 unspecified atom stereocenters. The number of nitrogens with zero attached hydrogens (tertiary/aromatic N) is 2. The van der Waals surface area contributed by atoms with Crippen molar-refractivity contribution in [2.24, 2.45) is 11.0 Å². The van der Waals surface area contributed by atoms with Gasteiger partial charge in [-0.15, -0.1) is 0 Å². The fraction of sp³-hybridized carbons (Fsp3) is 0.375. The zero-order valence-corrected chi connectivity index (χ0v) is 11.5. The van der Waals surface area contributed by atoms with E-state index in [1.807, 2.05) is 17.3 Å². The smallest absolute Gasteiger partial charge is 0.144 e. The molecule has 0 aromatic heterocycles. The molecule has 2 rings (SSSR count). The van der Waals surface area contributed by atoms with Crippen molar-refractivity contribution in [1.29, 1.82) is 0 Å². The Balaban J connectivity index is 2.26. The average molecular weight is 256 g/mol. The third kappa shape index (κ3) is 3.31. The molecule has 0 aliphatic carbocycles. The summed E-state index contributed by atoms with van der Waals surface area (Å²) in [6.07, 6.45) is 8.07. The van der Waals surface area contributed by atoms with Gasteiger partial charge in [-0.3, -0.25) is 9.80 Å². The van der Waals surface area contributed by atoms with Gasteiger partial charge in [0.15, 0.2) is 0 Å². The van der Waals surface area contributed by atoms with E-state index in [2.05, 4.69) is 37.1 Å². The van der Waals surface area contributed by atoms with Crippen molar-refractivity contribution in [3.05, 3.63) is 47.7 Å². The van der Waals surface area contributed by atoms with E-state index in [-0.39, 0.29) is 6.04 Å². The minimum Gasteiger partial charge on any atom is -0.299 e. The summed E-state index contributed by atoms with van der Waals surface area (Å²) in [4.78, 5) is 10.5. The van der Waals surface area contributed by atoms with Gasteiger partial charge < -0.3 is 0 Å². The Labute approximate surface area is 114 Å². The van der Waals surface area contributed by atoms with Gasteiger partial charge in [0.05, 0.1) is 12.3 Å². The molecule has 3 heteroatoms. The summed E-state index contributed by atoms with van der Waals surface area (Å²) in [5.74, 6) is 0.662. The number of hydrogen-bond donors (Lipinski definition) is 0. The van der Waals surface area contributed by atoms with E-state index >= 15 is 0 Å². The Bertz CT molecular complexity index is 491. The van der Waals surface area contributed by atoms with Gasteiger partial charge >= 0.3 is 0 Å². The first kappa shape index (κ1) is 13.5. The summed E-state index contributed by atoms with van der Waals surface area (Å²) < 4.78 is 0. The Morgan fingerprint density at radius 3 is 2.89 bits per heavy atom. The van der Waals surface area contributed by atoms with Crippen LogP contribution in [0.3, 0.4) is 0 Å². The van der Waals surface area contributed by atoms with E-state index in [9.17, 15) is 4.79 Å². The standard InChI is InChI=1S/C16H20N2O/c1-13(2)8-9-16-15-7-4-3-6-14(15)12-17-18(16)10-5-11-19/h3-7,10-13,16H,8-9H2,1-2H3/b10-5+. The predicted octanol–water partition coefficient (Wildman–Crippen LogP) is 3.53. The highest BCUT2D eigenvalue weighted by Crippen LogP contribution is 2.32. The van der Waals surface area contributed by atoms with E-state index in [0.717, 1.165) is 19.1 Å². The zero-order chi connectivity index (χ0) is 13.7. The number of hydrazone groups is 1. The molecule has 0 fully saturated rings. The van der Waals surface area contributed by atoms with Gasteiger partial charge in [-0.2, -0.15) is 5.10 Å². The molecule has 0 saturated carbocycles. The summed E-state index contributed by atoms with van der Waals surface area (Å²) in [7, 11) is 0. The molecule has 19 heavy (non-hydrogen) atoms. The molecular formula is C16H20N2O. The minimum atomic E-state index is 0.222. The lowest BCUT2D eigenvalue weighted by atomic mass is 9.93. The first-order valence-electron chi connectivity index (χ1n) is 6.75. The quantitative estimate of drug-likeness (QED) is 0.596.